The van der Waals surface area contributed by atoms with Gasteiger partial charge in [0.15, 0.2) is 10.7 Å². The number of rotatable bonds is 1. The van der Waals surface area contributed by atoms with E-state index < -0.39 is 5.97 Å². The van der Waals surface area contributed by atoms with Crippen LogP contribution in [0, 0.1) is 5.82 Å². The summed E-state index contributed by atoms with van der Waals surface area (Å²) in [7, 11) is 0. The lowest BCUT2D eigenvalue weighted by molar-refractivity contribution is 0.0690. The molecule has 0 bridgehead atoms. The maximum Gasteiger partial charge on any atom is 0.354 e. The second kappa shape index (κ2) is 3.02. The summed E-state index contributed by atoms with van der Waals surface area (Å²) in [5, 5.41) is 8.97. The lowest BCUT2D eigenvalue weighted by Crippen LogP contribution is -2.00. The summed E-state index contributed by atoms with van der Waals surface area (Å²) in [4.78, 5) is 15.5. The zero-order valence-electron chi connectivity index (χ0n) is 7.85. The molecule has 0 radical (unpaired) electrons. The standard InChI is InChI=1S/C10H5FN2O2S/c11-5-1-2-6-8(3-5)16-10-12-4-7(9(14)15)13(6)10/h1-4H,(H,14,15). The van der Waals surface area contributed by atoms with Crippen molar-refractivity contribution in [3.8, 4) is 0 Å². The molecule has 0 atom stereocenters. The predicted octanol–water partition coefficient (Wildman–Crippen LogP) is 2.39. The Balaban J connectivity index is 2.50. The Morgan fingerprint density at radius 3 is 3.06 bits per heavy atom. The van der Waals surface area contributed by atoms with Crippen LogP contribution in [0.3, 0.4) is 0 Å². The Kier molecular flexibility index (Phi) is 1.75. The number of halogens is 1. The molecule has 0 amide bonds. The van der Waals surface area contributed by atoms with Gasteiger partial charge in [-0.2, -0.15) is 0 Å². The second-order valence-corrected chi connectivity index (χ2v) is 4.29. The minimum absolute atomic E-state index is 0.0906. The van der Waals surface area contributed by atoms with Gasteiger partial charge < -0.3 is 5.11 Å². The quantitative estimate of drug-likeness (QED) is 0.705. The SMILES string of the molecule is O=C(O)c1cnc2sc3cc(F)ccc3n12. The number of carboxylic acids is 1. The molecule has 2 heterocycles. The van der Waals surface area contributed by atoms with Crippen LogP contribution >= 0.6 is 11.3 Å². The van der Waals surface area contributed by atoms with Gasteiger partial charge in [0.2, 0.25) is 0 Å². The van der Waals surface area contributed by atoms with Crippen molar-refractivity contribution >= 4 is 32.5 Å². The number of fused-ring (bicyclic) bond motifs is 3. The van der Waals surface area contributed by atoms with Crippen molar-refractivity contribution in [2.45, 2.75) is 0 Å². The van der Waals surface area contributed by atoms with Gasteiger partial charge in [0.25, 0.3) is 0 Å². The normalized spacial score (nSPS) is 11.3. The van der Waals surface area contributed by atoms with Crippen molar-refractivity contribution in [1.82, 2.24) is 9.38 Å². The summed E-state index contributed by atoms with van der Waals surface area (Å²) in [5.41, 5.74) is 0.754. The van der Waals surface area contributed by atoms with Gasteiger partial charge in [-0.15, -0.1) is 0 Å². The first-order valence-electron chi connectivity index (χ1n) is 4.45. The maximum atomic E-state index is 13.0. The Bertz CT molecular complexity index is 716. The fourth-order valence-corrected chi connectivity index (χ4v) is 2.67. The van der Waals surface area contributed by atoms with Crippen LogP contribution in [0.25, 0.3) is 15.2 Å². The van der Waals surface area contributed by atoms with Gasteiger partial charge >= 0.3 is 5.97 Å². The molecule has 80 valence electrons. The monoisotopic (exact) mass is 236 g/mol. The van der Waals surface area contributed by atoms with Crippen molar-refractivity contribution < 1.29 is 14.3 Å². The molecule has 1 aromatic carbocycles. The zero-order valence-corrected chi connectivity index (χ0v) is 8.66. The molecular formula is C10H5FN2O2S. The molecule has 0 fully saturated rings. The van der Waals surface area contributed by atoms with Gasteiger partial charge in [-0.25, -0.2) is 14.2 Å². The van der Waals surface area contributed by atoms with Gasteiger partial charge in [0.1, 0.15) is 5.82 Å². The van der Waals surface area contributed by atoms with Crippen molar-refractivity contribution in [1.29, 1.82) is 0 Å². The molecule has 0 spiro atoms. The molecular weight excluding hydrogens is 231 g/mol. The molecule has 6 heteroatoms. The molecule has 3 aromatic rings. The number of carboxylic acid groups (broad SMARTS) is 1. The summed E-state index contributed by atoms with van der Waals surface area (Å²) in [6.45, 7) is 0. The fraction of sp³-hybridized carbons (Fsp3) is 0. The van der Waals surface area contributed by atoms with E-state index in [1.165, 1.54) is 34.1 Å². The van der Waals surface area contributed by atoms with E-state index in [9.17, 15) is 9.18 Å². The van der Waals surface area contributed by atoms with Gasteiger partial charge in [-0.3, -0.25) is 4.40 Å². The first-order valence-corrected chi connectivity index (χ1v) is 5.27. The maximum absolute atomic E-state index is 13.0. The van der Waals surface area contributed by atoms with Crippen molar-refractivity contribution in [2.75, 3.05) is 0 Å². The van der Waals surface area contributed by atoms with Crippen LogP contribution in [-0.2, 0) is 0 Å². The number of benzene rings is 1. The predicted molar refractivity (Wildman–Crippen MR) is 57.5 cm³/mol. The number of aromatic nitrogens is 2. The first-order chi connectivity index (χ1) is 7.66. The third-order valence-corrected chi connectivity index (χ3v) is 3.33. The average Bonchev–Trinajstić information content (AvgIpc) is 2.74. The molecule has 0 saturated carbocycles. The van der Waals surface area contributed by atoms with Gasteiger partial charge in [-0.05, 0) is 18.2 Å². The molecule has 16 heavy (non-hydrogen) atoms. The van der Waals surface area contributed by atoms with E-state index in [-0.39, 0.29) is 11.5 Å². The largest absolute Gasteiger partial charge is 0.477 e. The summed E-state index contributed by atoms with van der Waals surface area (Å²) in [6, 6.07) is 4.24. The van der Waals surface area contributed by atoms with Crippen LogP contribution in [-0.4, -0.2) is 20.5 Å². The minimum atomic E-state index is -1.04. The zero-order chi connectivity index (χ0) is 11.3. The van der Waals surface area contributed by atoms with Crippen LogP contribution in [0.2, 0.25) is 0 Å². The van der Waals surface area contributed by atoms with Crippen LogP contribution in [0.1, 0.15) is 10.5 Å². The average molecular weight is 236 g/mol. The van der Waals surface area contributed by atoms with Gasteiger partial charge in [0, 0.05) is 0 Å². The highest BCUT2D eigenvalue weighted by Crippen LogP contribution is 2.27. The summed E-state index contributed by atoms with van der Waals surface area (Å²) in [6.07, 6.45) is 1.30. The highest BCUT2D eigenvalue weighted by atomic mass is 32.1. The molecule has 0 aliphatic carbocycles. The van der Waals surface area contributed by atoms with E-state index >= 15 is 0 Å². The number of aromatic carboxylic acids is 1. The lowest BCUT2D eigenvalue weighted by Gasteiger charge is -1.94. The van der Waals surface area contributed by atoms with Crippen LogP contribution in [0.5, 0.6) is 0 Å². The lowest BCUT2D eigenvalue weighted by atomic mass is 10.3. The van der Waals surface area contributed by atoms with E-state index in [4.69, 9.17) is 5.11 Å². The Labute approximate surface area is 92.6 Å². The molecule has 2 aromatic heterocycles. The summed E-state index contributed by atoms with van der Waals surface area (Å²) in [5.74, 6) is -1.38. The van der Waals surface area contributed by atoms with Crippen LogP contribution in [0.15, 0.2) is 24.4 Å². The van der Waals surface area contributed by atoms with E-state index in [0.717, 1.165) is 0 Å². The van der Waals surface area contributed by atoms with Gasteiger partial charge in [0.05, 0.1) is 16.4 Å². The highest BCUT2D eigenvalue weighted by Gasteiger charge is 2.15. The number of hydrogen-bond acceptors (Lipinski definition) is 3. The molecule has 0 saturated heterocycles. The molecule has 0 aliphatic heterocycles. The first kappa shape index (κ1) is 9.29. The number of imidazole rings is 1. The van der Waals surface area contributed by atoms with E-state index in [0.29, 0.717) is 15.2 Å². The third kappa shape index (κ3) is 1.13. The number of thiazole rings is 1. The molecule has 1 N–H and O–H groups in total. The number of hydrogen-bond donors (Lipinski definition) is 1. The molecule has 4 nitrogen and oxygen atoms in total. The smallest absolute Gasteiger partial charge is 0.354 e. The number of nitrogens with zero attached hydrogens (tertiary/aromatic N) is 2. The van der Waals surface area contributed by atoms with Crippen molar-refractivity contribution in [2.24, 2.45) is 0 Å². The van der Waals surface area contributed by atoms with E-state index in [1.807, 2.05) is 0 Å². The second-order valence-electron chi connectivity index (χ2n) is 3.28. The van der Waals surface area contributed by atoms with Crippen molar-refractivity contribution in [3.05, 3.63) is 35.9 Å². The van der Waals surface area contributed by atoms with Crippen LogP contribution < -0.4 is 0 Å². The Morgan fingerprint density at radius 2 is 2.31 bits per heavy atom. The molecule has 3 rings (SSSR count). The fourth-order valence-electron chi connectivity index (χ4n) is 1.64. The Morgan fingerprint density at radius 1 is 1.50 bits per heavy atom. The van der Waals surface area contributed by atoms with E-state index in [1.54, 1.807) is 6.07 Å². The van der Waals surface area contributed by atoms with E-state index in [2.05, 4.69) is 4.98 Å². The summed E-state index contributed by atoms with van der Waals surface area (Å²) >= 11 is 1.26. The topological polar surface area (TPSA) is 54.6 Å². The molecule has 0 unspecified atom stereocenters. The number of carbonyl (C=O) groups is 1. The summed E-state index contributed by atoms with van der Waals surface area (Å²) < 4.78 is 15.2. The van der Waals surface area contributed by atoms with Crippen molar-refractivity contribution in [3.63, 3.8) is 0 Å². The van der Waals surface area contributed by atoms with Crippen LogP contribution in [0.4, 0.5) is 4.39 Å². The third-order valence-electron chi connectivity index (χ3n) is 2.31. The van der Waals surface area contributed by atoms with Gasteiger partial charge in [-0.1, -0.05) is 11.3 Å². The highest BCUT2D eigenvalue weighted by molar-refractivity contribution is 7.23. The minimum Gasteiger partial charge on any atom is -0.477 e. The Hall–Kier alpha value is -1.95. The molecule has 0 aliphatic rings.